The number of aliphatic imine (C=N–C) groups is 1. The molecule has 19 nitrogen and oxygen atoms in total. The lowest BCUT2D eigenvalue weighted by Crippen LogP contribution is -2.61. The Hall–Kier alpha value is -4.62. The highest BCUT2D eigenvalue weighted by atomic mass is 32.2. The van der Waals surface area contributed by atoms with E-state index in [-0.39, 0.29) is 50.0 Å². The summed E-state index contributed by atoms with van der Waals surface area (Å²) in [5.41, 5.74) is 16.4. The molecule has 1 aliphatic rings. The number of likely N-dealkylation sites (N-methyl/N-ethyl adjacent to an activating group) is 1. The van der Waals surface area contributed by atoms with Gasteiger partial charge in [0.25, 0.3) is 0 Å². The van der Waals surface area contributed by atoms with Crippen LogP contribution in [0.3, 0.4) is 0 Å². The molecule has 8 amide bonds. The van der Waals surface area contributed by atoms with E-state index in [1.807, 2.05) is 20.1 Å². The Morgan fingerprint density at radius 2 is 1.30 bits per heavy atom. The Labute approximate surface area is 340 Å². The summed E-state index contributed by atoms with van der Waals surface area (Å²) in [5, 5.41) is 16.3. The molecule has 1 aliphatic heterocycles. The Morgan fingerprint density at radius 1 is 0.754 bits per heavy atom. The average Bonchev–Trinajstić information content (AvgIpc) is 3.66. The number of hydrogen-bond donors (Lipinski definition) is 9. The number of rotatable bonds is 26. The van der Waals surface area contributed by atoms with Gasteiger partial charge in [-0.05, 0) is 69.3 Å². The van der Waals surface area contributed by atoms with Crippen LogP contribution in [0.4, 0.5) is 0 Å². The fourth-order valence-corrected chi connectivity index (χ4v) is 6.76. The Morgan fingerprint density at radius 3 is 1.82 bits per heavy atom. The second kappa shape index (κ2) is 26.3. The summed E-state index contributed by atoms with van der Waals surface area (Å²) in [6, 6.07) is -6.35. The van der Waals surface area contributed by atoms with Gasteiger partial charge in [-0.25, -0.2) is 0 Å². The van der Waals surface area contributed by atoms with Crippen molar-refractivity contribution in [1.29, 1.82) is 0 Å². The SMILES string of the molecule is CCNC(=O)[C@@H]1CCCN1C(=O)[C@H](CCCN=C(N)N)NC(=O)[C@@H](NC(=O)[C@H](CCC(N)=O)NC(=O)[C@H](CCSC)NC(=O)[C@H](NC(C)=O)[C@@H](C)CC)[C@@H](C)CC. The van der Waals surface area contributed by atoms with E-state index < -0.39 is 83.5 Å². The number of amides is 8. The fraction of sp³-hybridized carbons (Fsp3) is 0.757. The van der Waals surface area contributed by atoms with Gasteiger partial charge >= 0.3 is 0 Å². The molecule has 57 heavy (non-hydrogen) atoms. The molecule has 0 aromatic carbocycles. The van der Waals surface area contributed by atoms with E-state index in [2.05, 4.69) is 36.9 Å². The van der Waals surface area contributed by atoms with Gasteiger partial charge in [-0.2, -0.15) is 11.8 Å². The lowest BCUT2D eigenvalue weighted by atomic mass is 9.96. The number of nitrogens with two attached hydrogens (primary N) is 3. The molecule has 1 fully saturated rings. The summed E-state index contributed by atoms with van der Waals surface area (Å²) < 4.78 is 0. The topological polar surface area (TPSA) is 302 Å². The first kappa shape index (κ1) is 50.4. The van der Waals surface area contributed by atoms with Crippen LogP contribution in [0.15, 0.2) is 4.99 Å². The number of nitrogens with one attached hydrogen (secondary N) is 6. The van der Waals surface area contributed by atoms with Gasteiger partial charge in [0, 0.05) is 33.0 Å². The van der Waals surface area contributed by atoms with E-state index in [0.717, 1.165) is 0 Å². The molecule has 0 aromatic heterocycles. The number of thioether (sulfide) groups is 1. The fourth-order valence-electron chi connectivity index (χ4n) is 6.29. The van der Waals surface area contributed by atoms with E-state index in [4.69, 9.17) is 17.2 Å². The summed E-state index contributed by atoms with van der Waals surface area (Å²) in [6.07, 6.45) is 4.02. The second-order valence-electron chi connectivity index (χ2n) is 14.4. The van der Waals surface area contributed by atoms with Gasteiger partial charge in [0.1, 0.15) is 36.3 Å². The summed E-state index contributed by atoms with van der Waals surface area (Å²) in [6.45, 7) is 11.2. The summed E-state index contributed by atoms with van der Waals surface area (Å²) in [5.74, 6) is -5.02. The summed E-state index contributed by atoms with van der Waals surface area (Å²) in [7, 11) is 0. The Kier molecular flexibility index (Phi) is 23.3. The predicted molar refractivity (Wildman–Crippen MR) is 219 cm³/mol. The number of likely N-dealkylation sites (tertiary alicyclic amines) is 1. The molecule has 0 aliphatic carbocycles. The molecule has 20 heteroatoms. The van der Waals surface area contributed by atoms with Crippen LogP contribution >= 0.6 is 11.8 Å². The van der Waals surface area contributed by atoms with Crippen LogP contribution in [0.5, 0.6) is 0 Å². The van der Waals surface area contributed by atoms with Gasteiger partial charge in [0.2, 0.25) is 47.3 Å². The number of guanidine groups is 1. The molecule has 12 N–H and O–H groups in total. The molecular formula is C37H67N11O8S. The smallest absolute Gasteiger partial charge is 0.245 e. The molecule has 8 atom stereocenters. The van der Waals surface area contributed by atoms with Gasteiger partial charge in [-0.1, -0.05) is 40.5 Å². The van der Waals surface area contributed by atoms with Gasteiger partial charge in [0.15, 0.2) is 5.96 Å². The highest BCUT2D eigenvalue weighted by Gasteiger charge is 2.39. The molecule has 0 saturated carbocycles. The zero-order valence-electron chi connectivity index (χ0n) is 34.6. The van der Waals surface area contributed by atoms with Crippen LogP contribution in [-0.2, 0) is 38.4 Å². The zero-order valence-corrected chi connectivity index (χ0v) is 35.4. The monoisotopic (exact) mass is 825 g/mol. The van der Waals surface area contributed by atoms with Crippen molar-refractivity contribution in [2.24, 2.45) is 34.0 Å². The van der Waals surface area contributed by atoms with Crippen molar-refractivity contribution in [2.75, 3.05) is 31.6 Å². The molecule has 0 unspecified atom stereocenters. The summed E-state index contributed by atoms with van der Waals surface area (Å²) >= 11 is 1.44. The van der Waals surface area contributed by atoms with Crippen LogP contribution in [0.2, 0.25) is 0 Å². The second-order valence-corrected chi connectivity index (χ2v) is 15.4. The van der Waals surface area contributed by atoms with Crippen LogP contribution in [0, 0.1) is 11.8 Å². The Bertz CT molecular complexity index is 1410. The van der Waals surface area contributed by atoms with Crippen molar-refractivity contribution in [1.82, 2.24) is 36.8 Å². The highest BCUT2D eigenvalue weighted by Crippen LogP contribution is 2.20. The Balaban J connectivity index is 3.40. The van der Waals surface area contributed by atoms with Gasteiger partial charge in [-0.3, -0.25) is 43.3 Å². The number of carbonyl (C=O) groups excluding carboxylic acids is 8. The van der Waals surface area contributed by atoms with Gasteiger partial charge in [0.05, 0.1) is 0 Å². The molecule has 0 bridgehead atoms. The number of nitrogens with zero attached hydrogens (tertiary/aromatic N) is 2. The minimum absolute atomic E-state index is 0.126. The first-order chi connectivity index (χ1) is 26.9. The molecule has 324 valence electrons. The molecular weight excluding hydrogens is 759 g/mol. The third kappa shape index (κ3) is 17.6. The first-order valence-electron chi connectivity index (χ1n) is 19.8. The van der Waals surface area contributed by atoms with Crippen molar-refractivity contribution in [3.05, 3.63) is 0 Å². The maximum absolute atomic E-state index is 14.1. The maximum atomic E-state index is 14.1. The van der Waals surface area contributed by atoms with E-state index in [0.29, 0.717) is 50.9 Å². The van der Waals surface area contributed by atoms with Crippen molar-refractivity contribution in [3.63, 3.8) is 0 Å². The van der Waals surface area contributed by atoms with Crippen LogP contribution < -0.4 is 49.1 Å². The number of hydrogen-bond acceptors (Lipinski definition) is 10. The van der Waals surface area contributed by atoms with E-state index in [1.54, 1.807) is 20.8 Å². The minimum Gasteiger partial charge on any atom is -0.370 e. The maximum Gasteiger partial charge on any atom is 0.245 e. The summed E-state index contributed by atoms with van der Waals surface area (Å²) in [4.78, 5) is 111. The van der Waals surface area contributed by atoms with E-state index in [1.165, 1.54) is 23.6 Å². The van der Waals surface area contributed by atoms with Crippen LogP contribution in [0.25, 0.3) is 0 Å². The molecule has 1 rings (SSSR count). The quantitative estimate of drug-likeness (QED) is 0.0281. The lowest BCUT2D eigenvalue weighted by molar-refractivity contribution is -0.142. The molecule has 1 saturated heterocycles. The predicted octanol–water partition coefficient (Wildman–Crippen LogP) is -1.28. The van der Waals surface area contributed by atoms with E-state index in [9.17, 15) is 38.4 Å². The first-order valence-corrected chi connectivity index (χ1v) is 21.2. The average molecular weight is 826 g/mol. The standard InChI is InChI=1S/C37H67N11O8S/c1-8-21(4)29(43-23(6)49)34(54)45-25(17-20-57-7)31(51)44-24(15-16-28(38)50)32(52)47-30(22(5)9-2)35(55)46-26(13-11-18-42-37(39)40)36(56)48-19-12-14-27(48)33(53)41-10-3/h21-22,24-27,29-30H,8-20H2,1-7H3,(H2,38,50)(H,41,53)(H,43,49)(H,44,51)(H,45,54)(H,46,55)(H,47,52)(H4,39,40,42)/t21-,22-,24-,25-,26-,27-,29+,30-/m0/s1. The number of primary amides is 1. The third-order valence-electron chi connectivity index (χ3n) is 9.95. The number of carbonyl (C=O) groups is 8. The van der Waals surface area contributed by atoms with Crippen molar-refractivity contribution in [2.45, 2.75) is 136 Å². The largest absolute Gasteiger partial charge is 0.370 e. The molecule has 0 spiro atoms. The van der Waals surface area contributed by atoms with E-state index >= 15 is 0 Å². The van der Waals surface area contributed by atoms with Crippen molar-refractivity contribution < 1.29 is 38.4 Å². The van der Waals surface area contributed by atoms with Crippen LogP contribution in [0.1, 0.15) is 99.3 Å². The molecule has 0 radical (unpaired) electrons. The zero-order chi connectivity index (χ0) is 43.2. The lowest BCUT2D eigenvalue weighted by Gasteiger charge is -2.31. The van der Waals surface area contributed by atoms with Gasteiger partial charge in [-0.15, -0.1) is 0 Å². The van der Waals surface area contributed by atoms with Gasteiger partial charge < -0.3 is 54.0 Å². The molecule has 1 heterocycles. The van der Waals surface area contributed by atoms with Crippen molar-refractivity contribution in [3.8, 4) is 0 Å². The van der Waals surface area contributed by atoms with Crippen LogP contribution in [-0.4, -0.2) is 126 Å². The highest BCUT2D eigenvalue weighted by molar-refractivity contribution is 7.98. The third-order valence-corrected chi connectivity index (χ3v) is 10.6. The van der Waals surface area contributed by atoms with Crippen molar-refractivity contribution >= 4 is 65.0 Å². The normalized spacial score (nSPS) is 17.3. The minimum atomic E-state index is -1.35. The molecule has 0 aromatic rings.